The van der Waals surface area contributed by atoms with E-state index in [2.05, 4.69) is 42.7 Å². The Balaban J connectivity index is 2.27. The van der Waals surface area contributed by atoms with Gasteiger partial charge in [0.1, 0.15) is 5.75 Å². The molecule has 2 rings (SSSR count). The van der Waals surface area contributed by atoms with Crippen molar-refractivity contribution in [3.63, 3.8) is 0 Å². The third-order valence-corrected chi connectivity index (χ3v) is 3.48. The SMILES string of the molecule is CCOc1ccccc1C(Cc1ccccc1C)NN. The number of hydrazine groups is 1. The lowest BCUT2D eigenvalue weighted by molar-refractivity contribution is 0.331. The summed E-state index contributed by atoms with van der Waals surface area (Å²) in [7, 11) is 0. The molecule has 0 saturated heterocycles. The molecule has 2 aromatic rings. The van der Waals surface area contributed by atoms with Crippen molar-refractivity contribution in [2.45, 2.75) is 26.3 Å². The van der Waals surface area contributed by atoms with Crippen molar-refractivity contribution < 1.29 is 4.74 Å². The zero-order valence-corrected chi connectivity index (χ0v) is 12.1. The molecule has 0 aliphatic rings. The Morgan fingerprint density at radius 3 is 2.50 bits per heavy atom. The fourth-order valence-corrected chi connectivity index (χ4v) is 2.37. The zero-order valence-electron chi connectivity index (χ0n) is 12.1. The predicted octanol–water partition coefficient (Wildman–Crippen LogP) is 3.14. The van der Waals surface area contributed by atoms with Crippen LogP contribution in [-0.4, -0.2) is 6.61 Å². The van der Waals surface area contributed by atoms with Crippen LogP contribution in [0.5, 0.6) is 5.75 Å². The molecular weight excluding hydrogens is 248 g/mol. The minimum atomic E-state index is 0.0406. The smallest absolute Gasteiger partial charge is 0.124 e. The predicted molar refractivity (Wildman–Crippen MR) is 82.6 cm³/mol. The Bertz CT molecular complexity index is 554. The van der Waals surface area contributed by atoms with Crippen molar-refractivity contribution in [3.05, 3.63) is 65.2 Å². The van der Waals surface area contributed by atoms with Gasteiger partial charge < -0.3 is 4.74 Å². The Kier molecular flexibility index (Phi) is 5.16. The minimum Gasteiger partial charge on any atom is -0.494 e. The largest absolute Gasteiger partial charge is 0.494 e. The molecule has 0 saturated carbocycles. The number of hydrogen-bond donors (Lipinski definition) is 2. The topological polar surface area (TPSA) is 47.3 Å². The quantitative estimate of drug-likeness (QED) is 0.626. The molecule has 0 aromatic heterocycles. The first-order chi connectivity index (χ1) is 9.76. The van der Waals surface area contributed by atoms with Crippen LogP contribution in [0.3, 0.4) is 0 Å². The summed E-state index contributed by atoms with van der Waals surface area (Å²) in [6.45, 7) is 4.76. The molecular formula is C17H22N2O. The van der Waals surface area contributed by atoms with Crippen LogP contribution < -0.4 is 16.0 Å². The second kappa shape index (κ2) is 7.08. The van der Waals surface area contributed by atoms with E-state index < -0.39 is 0 Å². The third kappa shape index (κ3) is 3.38. The Morgan fingerprint density at radius 1 is 1.10 bits per heavy atom. The summed E-state index contributed by atoms with van der Waals surface area (Å²) in [5.41, 5.74) is 6.58. The lowest BCUT2D eigenvalue weighted by Crippen LogP contribution is -2.30. The summed E-state index contributed by atoms with van der Waals surface area (Å²) in [5.74, 6) is 6.66. The van der Waals surface area contributed by atoms with E-state index >= 15 is 0 Å². The van der Waals surface area contributed by atoms with Crippen LogP contribution >= 0.6 is 0 Å². The maximum absolute atomic E-state index is 5.76. The molecule has 106 valence electrons. The average molecular weight is 270 g/mol. The lowest BCUT2D eigenvalue weighted by atomic mass is 9.96. The van der Waals surface area contributed by atoms with Gasteiger partial charge in [-0.15, -0.1) is 0 Å². The average Bonchev–Trinajstić information content (AvgIpc) is 2.48. The molecule has 1 atom stereocenters. The highest BCUT2D eigenvalue weighted by Gasteiger charge is 2.15. The molecule has 3 nitrogen and oxygen atoms in total. The standard InChI is InChI=1S/C17H22N2O/c1-3-20-17-11-7-6-10-15(17)16(19-18)12-14-9-5-4-8-13(14)2/h4-11,16,19H,3,12,18H2,1-2H3. The fraction of sp³-hybridized carbons (Fsp3) is 0.294. The van der Waals surface area contributed by atoms with Gasteiger partial charge in [0.2, 0.25) is 0 Å². The highest BCUT2D eigenvalue weighted by Crippen LogP contribution is 2.27. The Hall–Kier alpha value is -1.84. The molecule has 20 heavy (non-hydrogen) atoms. The molecule has 0 bridgehead atoms. The van der Waals surface area contributed by atoms with Crippen molar-refractivity contribution in [2.75, 3.05) is 6.61 Å². The van der Waals surface area contributed by atoms with E-state index in [0.717, 1.165) is 17.7 Å². The summed E-state index contributed by atoms with van der Waals surface area (Å²) in [6.07, 6.45) is 0.841. The first kappa shape index (κ1) is 14.6. The molecule has 2 aromatic carbocycles. The van der Waals surface area contributed by atoms with Crippen LogP contribution in [0, 0.1) is 6.92 Å². The van der Waals surface area contributed by atoms with E-state index in [1.165, 1.54) is 11.1 Å². The molecule has 0 radical (unpaired) electrons. The van der Waals surface area contributed by atoms with Crippen LogP contribution in [0.15, 0.2) is 48.5 Å². The van der Waals surface area contributed by atoms with Crippen molar-refractivity contribution in [1.82, 2.24) is 5.43 Å². The van der Waals surface area contributed by atoms with Gasteiger partial charge in [0, 0.05) is 5.56 Å². The Labute approximate surface area is 120 Å². The summed E-state index contributed by atoms with van der Waals surface area (Å²) in [6, 6.07) is 16.5. The van der Waals surface area contributed by atoms with Gasteiger partial charge in [0.05, 0.1) is 12.6 Å². The molecule has 3 heteroatoms. The van der Waals surface area contributed by atoms with E-state index in [1.807, 2.05) is 25.1 Å². The molecule has 0 aliphatic carbocycles. The maximum atomic E-state index is 5.76. The molecule has 1 unspecified atom stereocenters. The van der Waals surface area contributed by atoms with Crippen LogP contribution in [0.4, 0.5) is 0 Å². The number of benzene rings is 2. The number of nitrogens with one attached hydrogen (secondary N) is 1. The van der Waals surface area contributed by atoms with Crippen molar-refractivity contribution in [2.24, 2.45) is 5.84 Å². The zero-order chi connectivity index (χ0) is 14.4. The maximum Gasteiger partial charge on any atom is 0.124 e. The van der Waals surface area contributed by atoms with E-state index in [1.54, 1.807) is 0 Å². The summed E-state index contributed by atoms with van der Waals surface area (Å²) in [5, 5.41) is 0. The van der Waals surface area contributed by atoms with E-state index in [-0.39, 0.29) is 6.04 Å². The van der Waals surface area contributed by atoms with Crippen LogP contribution in [-0.2, 0) is 6.42 Å². The molecule has 0 heterocycles. The number of nitrogens with two attached hydrogens (primary N) is 1. The first-order valence-corrected chi connectivity index (χ1v) is 6.98. The van der Waals surface area contributed by atoms with Crippen LogP contribution in [0.1, 0.15) is 29.7 Å². The van der Waals surface area contributed by atoms with Gasteiger partial charge in [-0.1, -0.05) is 42.5 Å². The number of hydrogen-bond acceptors (Lipinski definition) is 3. The van der Waals surface area contributed by atoms with Gasteiger partial charge in [-0.25, -0.2) is 0 Å². The van der Waals surface area contributed by atoms with Gasteiger partial charge in [0.25, 0.3) is 0 Å². The van der Waals surface area contributed by atoms with E-state index in [0.29, 0.717) is 6.61 Å². The van der Waals surface area contributed by atoms with E-state index in [4.69, 9.17) is 10.6 Å². The highest BCUT2D eigenvalue weighted by molar-refractivity contribution is 5.38. The fourth-order valence-electron chi connectivity index (χ4n) is 2.37. The second-order valence-corrected chi connectivity index (χ2v) is 4.82. The minimum absolute atomic E-state index is 0.0406. The lowest BCUT2D eigenvalue weighted by Gasteiger charge is -2.20. The third-order valence-electron chi connectivity index (χ3n) is 3.48. The molecule has 0 fully saturated rings. The number of para-hydroxylation sites is 1. The Morgan fingerprint density at radius 2 is 1.80 bits per heavy atom. The molecule has 3 N–H and O–H groups in total. The van der Waals surface area contributed by atoms with Gasteiger partial charge in [-0.2, -0.15) is 0 Å². The first-order valence-electron chi connectivity index (χ1n) is 6.98. The van der Waals surface area contributed by atoms with Gasteiger partial charge in [0.15, 0.2) is 0 Å². The molecule has 0 spiro atoms. The van der Waals surface area contributed by atoms with Crippen molar-refractivity contribution in [1.29, 1.82) is 0 Å². The number of aryl methyl sites for hydroxylation is 1. The normalized spacial score (nSPS) is 12.2. The van der Waals surface area contributed by atoms with Gasteiger partial charge in [-0.3, -0.25) is 11.3 Å². The summed E-state index contributed by atoms with van der Waals surface area (Å²) >= 11 is 0. The summed E-state index contributed by atoms with van der Waals surface area (Å²) in [4.78, 5) is 0. The second-order valence-electron chi connectivity index (χ2n) is 4.82. The van der Waals surface area contributed by atoms with Gasteiger partial charge in [-0.05, 0) is 37.5 Å². The van der Waals surface area contributed by atoms with Crippen LogP contribution in [0.25, 0.3) is 0 Å². The number of ether oxygens (including phenoxy) is 1. The van der Waals surface area contributed by atoms with E-state index in [9.17, 15) is 0 Å². The molecule has 0 aliphatic heterocycles. The highest BCUT2D eigenvalue weighted by atomic mass is 16.5. The van der Waals surface area contributed by atoms with Crippen LogP contribution in [0.2, 0.25) is 0 Å². The summed E-state index contributed by atoms with van der Waals surface area (Å²) < 4.78 is 5.69. The van der Waals surface area contributed by atoms with Gasteiger partial charge >= 0.3 is 0 Å². The number of rotatable bonds is 6. The van der Waals surface area contributed by atoms with Crippen molar-refractivity contribution in [3.8, 4) is 5.75 Å². The van der Waals surface area contributed by atoms with Crippen molar-refractivity contribution >= 4 is 0 Å². The molecule has 0 amide bonds. The monoisotopic (exact) mass is 270 g/mol.